The average molecular weight is 377 g/mol. The van der Waals surface area contributed by atoms with Crippen molar-refractivity contribution in [1.29, 1.82) is 0 Å². The highest BCUT2D eigenvalue weighted by Gasteiger charge is 2.25. The molecular formula is C13H15Br2NO2. The monoisotopic (exact) mass is 375 g/mol. The Morgan fingerprint density at radius 1 is 1.44 bits per heavy atom. The van der Waals surface area contributed by atoms with Crippen molar-refractivity contribution in [2.24, 2.45) is 5.92 Å². The predicted molar refractivity (Wildman–Crippen MR) is 77.6 cm³/mol. The highest BCUT2D eigenvalue weighted by atomic mass is 79.9. The Kier molecular flexibility index (Phi) is 4.81. The van der Waals surface area contributed by atoms with Crippen LogP contribution in [0.4, 0.5) is 0 Å². The molecule has 1 fully saturated rings. The first-order chi connectivity index (χ1) is 8.61. The Balaban J connectivity index is 2.15. The Morgan fingerprint density at radius 3 is 2.89 bits per heavy atom. The third-order valence-corrected chi connectivity index (χ3v) is 4.38. The number of aliphatic hydroxyl groups is 1. The second kappa shape index (κ2) is 6.17. The lowest BCUT2D eigenvalue weighted by Crippen LogP contribution is -2.41. The lowest BCUT2D eigenvalue weighted by molar-refractivity contribution is 0.0620. The first kappa shape index (κ1) is 14.0. The van der Waals surface area contributed by atoms with Gasteiger partial charge in [0.2, 0.25) is 0 Å². The minimum atomic E-state index is 0.0347. The Labute approximate surface area is 123 Å². The summed E-state index contributed by atoms with van der Waals surface area (Å²) in [6.45, 7) is 1.58. The maximum absolute atomic E-state index is 12.4. The van der Waals surface area contributed by atoms with E-state index in [1.807, 2.05) is 23.1 Å². The van der Waals surface area contributed by atoms with E-state index in [1.165, 1.54) is 0 Å². The number of nitrogens with zero attached hydrogens (tertiary/aromatic N) is 1. The van der Waals surface area contributed by atoms with Crippen molar-refractivity contribution in [3.8, 4) is 0 Å². The molecule has 1 aliphatic heterocycles. The van der Waals surface area contributed by atoms with Crippen molar-refractivity contribution in [1.82, 2.24) is 4.90 Å². The molecule has 1 atom stereocenters. The van der Waals surface area contributed by atoms with Crippen LogP contribution in [-0.4, -0.2) is 35.6 Å². The summed E-state index contributed by atoms with van der Waals surface area (Å²) in [7, 11) is 0. The van der Waals surface area contributed by atoms with Gasteiger partial charge in [-0.3, -0.25) is 4.79 Å². The molecule has 1 heterocycles. The number of aliphatic hydroxyl groups excluding tert-OH is 1. The fraction of sp³-hybridized carbons (Fsp3) is 0.462. The van der Waals surface area contributed by atoms with Gasteiger partial charge < -0.3 is 10.0 Å². The number of benzene rings is 1. The van der Waals surface area contributed by atoms with Crippen molar-refractivity contribution in [3.05, 3.63) is 32.7 Å². The van der Waals surface area contributed by atoms with Gasteiger partial charge in [-0.15, -0.1) is 0 Å². The Hall–Kier alpha value is -0.390. The van der Waals surface area contributed by atoms with Gasteiger partial charge in [-0.1, -0.05) is 15.9 Å². The number of piperidine rings is 1. The minimum Gasteiger partial charge on any atom is -0.396 e. The SMILES string of the molecule is O=C(c1ccc(Br)cc1Br)N1CCCC(CO)C1. The fourth-order valence-electron chi connectivity index (χ4n) is 2.23. The van der Waals surface area contributed by atoms with Crippen molar-refractivity contribution < 1.29 is 9.90 Å². The summed E-state index contributed by atoms with van der Waals surface area (Å²) in [5.41, 5.74) is 0.678. The topological polar surface area (TPSA) is 40.5 Å². The van der Waals surface area contributed by atoms with Crippen LogP contribution in [0.2, 0.25) is 0 Å². The third-order valence-electron chi connectivity index (χ3n) is 3.23. The van der Waals surface area contributed by atoms with Crippen molar-refractivity contribution in [2.75, 3.05) is 19.7 Å². The van der Waals surface area contributed by atoms with Crippen LogP contribution in [0.5, 0.6) is 0 Å². The molecule has 1 aromatic carbocycles. The molecule has 0 aromatic heterocycles. The highest BCUT2D eigenvalue weighted by molar-refractivity contribution is 9.11. The Morgan fingerprint density at radius 2 is 2.22 bits per heavy atom. The molecule has 3 nitrogen and oxygen atoms in total. The molecule has 1 unspecified atom stereocenters. The molecule has 0 bridgehead atoms. The van der Waals surface area contributed by atoms with Crippen LogP contribution in [0.1, 0.15) is 23.2 Å². The van der Waals surface area contributed by atoms with Crippen molar-refractivity contribution in [3.63, 3.8) is 0 Å². The van der Waals surface area contributed by atoms with E-state index in [9.17, 15) is 9.90 Å². The summed E-state index contributed by atoms with van der Waals surface area (Å²) in [5, 5.41) is 9.20. The minimum absolute atomic E-state index is 0.0347. The van der Waals surface area contributed by atoms with Crippen LogP contribution in [0, 0.1) is 5.92 Å². The summed E-state index contributed by atoms with van der Waals surface area (Å²) < 4.78 is 1.74. The van der Waals surface area contributed by atoms with Gasteiger partial charge in [0.05, 0.1) is 5.56 Å². The van der Waals surface area contributed by atoms with Gasteiger partial charge in [-0.25, -0.2) is 0 Å². The molecule has 98 valence electrons. The number of amides is 1. The molecule has 0 aliphatic carbocycles. The van der Waals surface area contributed by atoms with Crippen LogP contribution in [0.25, 0.3) is 0 Å². The van der Waals surface area contributed by atoms with Gasteiger partial charge in [-0.05, 0) is 52.9 Å². The van der Waals surface area contributed by atoms with E-state index in [2.05, 4.69) is 31.9 Å². The molecule has 1 N–H and O–H groups in total. The molecule has 0 radical (unpaired) electrons. The zero-order valence-corrected chi connectivity index (χ0v) is 13.1. The standard InChI is InChI=1S/C13H15Br2NO2/c14-10-3-4-11(12(15)6-10)13(18)16-5-1-2-9(7-16)8-17/h3-4,6,9,17H,1-2,5,7-8H2. The van der Waals surface area contributed by atoms with E-state index in [4.69, 9.17) is 0 Å². The zero-order valence-electron chi connectivity index (χ0n) is 9.90. The lowest BCUT2D eigenvalue weighted by atomic mass is 9.98. The summed E-state index contributed by atoms with van der Waals surface area (Å²) in [6.07, 6.45) is 1.97. The fourth-order valence-corrected chi connectivity index (χ4v) is 3.45. The van der Waals surface area contributed by atoms with Crippen LogP contribution in [0.3, 0.4) is 0 Å². The number of halogens is 2. The van der Waals surface area contributed by atoms with Gasteiger partial charge in [0, 0.05) is 28.6 Å². The smallest absolute Gasteiger partial charge is 0.255 e. The van der Waals surface area contributed by atoms with Crippen LogP contribution >= 0.6 is 31.9 Å². The lowest BCUT2D eigenvalue weighted by Gasteiger charge is -2.32. The predicted octanol–water partition coefficient (Wildman–Crippen LogP) is 3.06. The normalized spacial score (nSPS) is 19.9. The summed E-state index contributed by atoms with van der Waals surface area (Å²) in [5.74, 6) is 0.254. The molecule has 18 heavy (non-hydrogen) atoms. The van der Waals surface area contributed by atoms with E-state index >= 15 is 0 Å². The Bertz CT molecular complexity index is 451. The number of hydrogen-bond donors (Lipinski definition) is 1. The number of rotatable bonds is 2. The molecule has 0 saturated carbocycles. The largest absolute Gasteiger partial charge is 0.396 e. The molecule has 0 spiro atoms. The van der Waals surface area contributed by atoms with Gasteiger partial charge >= 0.3 is 0 Å². The molecule has 1 aliphatic rings. The number of likely N-dealkylation sites (tertiary alicyclic amines) is 1. The van der Waals surface area contributed by atoms with Crippen LogP contribution < -0.4 is 0 Å². The van der Waals surface area contributed by atoms with E-state index in [-0.39, 0.29) is 18.4 Å². The van der Waals surface area contributed by atoms with E-state index < -0.39 is 0 Å². The second-order valence-corrected chi connectivity index (χ2v) is 6.34. The number of carbonyl (C=O) groups is 1. The summed E-state index contributed by atoms with van der Waals surface area (Å²) >= 11 is 6.79. The summed E-state index contributed by atoms with van der Waals surface area (Å²) in [4.78, 5) is 14.2. The van der Waals surface area contributed by atoms with E-state index in [0.29, 0.717) is 12.1 Å². The van der Waals surface area contributed by atoms with Gasteiger partial charge in [0.1, 0.15) is 0 Å². The third kappa shape index (κ3) is 3.13. The van der Waals surface area contributed by atoms with Crippen molar-refractivity contribution in [2.45, 2.75) is 12.8 Å². The number of hydrogen-bond acceptors (Lipinski definition) is 2. The van der Waals surface area contributed by atoms with E-state index in [0.717, 1.165) is 28.3 Å². The van der Waals surface area contributed by atoms with Crippen LogP contribution in [0.15, 0.2) is 27.1 Å². The van der Waals surface area contributed by atoms with E-state index in [1.54, 1.807) is 0 Å². The molecule has 1 amide bonds. The maximum Gasteiger partial charge on any atom is 0.255 e. The van der Waals surface area contributed by atoms with Gasteiger partial charge in [0.15, 0.2) is 0 Å². The first-order valence-electron chi connectivity index (χ1n) is 5.97. The molecule has 1 aromatic rings. The zero-order chi connectivity index (χ0) is 13.1. The average Bonchev–Trinajstić information content (AvgIpc) is 2.38. The molecule has 1 saturated heterocycles. The highest BCUT2D eigenvalue weighted by Crippen LogP contribution is 2.25. The quantitative estimate of drug-likeness (QED) is 0.861. The van der Waals surface area contributed by atoms with Gasteiger partial charge in [-0.2, -0.15) is 0 Å². The maximum atomic E-state index is 12.4. The first-order valence-corrected chi connectivity index (χ1v) is 7.55. The summed E-state index contributed by atoms with van der Waals surface area (Å²) in [6, 6.07) is 5.56. The van der Waals surface area contributed by atoms with Crippen LogP contribution in [-0.2, 0) is 0 Å². The van der Waals surface area contributed by atoms with Gasteiger partial charge in [0.25, 0.3) is 5.91 Å². The van der Waals surface area contributed by atoms with Crippen molar-refractivity contribution >= 4 is 37.8 Å². The molecule has 5 heteroatoms. The molecular weight excluding hydrogens is 362 g/mol. The molecule has 2 rings (SSSR count). The second-order valence-electron chi connectivity index (χ2n) is 4.57. The number of carbonyl (C=O) groups excluding carboxylic acids is 1.